The van der Waals surface area contributed by atoms with Gasteiger partial charge in [-0.15, -0.1) is 0 Å². The highest BCUT2D eigenvalue weighted by Crippen LogP contribution is 2.62. The smallest absolute Gasteiger partial charge is 0.163 e. The fourth-order valence-corrected chi connectivity index (χ4v) is 9.55. The van der Waals surface area contributed by atoms with E-state index in [9.17, 15) is 0 Å². The first-order valence-corrected chi connectivity index (χ1v) is 18.8. The largest absolute Gasteiger partial charge is 0.261 e. The van der Waals surface area contributed by atoms with Crippen molar-refractivity contribution in [1.82, 2.24) is 19.9 Å². The molecular formula is C48H34N4S. The van der Waals surface area contributed by atoms with Crippen LogP contribution in [0.15, 0.2) is 162 Å². The molecule has 10 rings (SSSR count). The number of rotatable bonds is 4. The van der Waals surface area contributed by atoms with Gasteiger partial charge in [-0.2, -0.15) is 0 Å². The number of hydrogen-bond donors (Lipinski definition) is 0. The molecule has 1 unspecified atom stereocenters. The Morgan fingerprint density at radius 2 is 1.08 bits per heavy atom. The lowest BCUT2D eigenvalue weighted by atomic mass is 9.67. The maximum absolute atomic E-state index is 5.02. The van der Waals surface area contributed by atoms with E-state index in [-0.39, 0.29) is 0 Å². The molecule has 1 aliphatic carbocycles. The predicted molar refractivity (Wildman–Crippen MR) is 215 cm³/mol. The van der Waals surface area contributed by atoms with Crippen molar-refractivity contribution in [2.45, 2.75) is 36.0 Å². The van der Waals surface area contributed by atoms with Crippen molar-refractivity contribution < 1.29 is 0 Å². The Balaban J connectivity index is 1.15. The molecule has 53 heavy (non-hydrogen) atoms. The highest BCUT2D eigenvalue weighted by atomic mass is 32.2. The Morgan fingerprint density at radius 1 is 0.434 bits per heavy atom. The Kier molecular flexibility index (Phi) is 7.27. The lowest BCUT2D eigenvalue weighted by molar-refractivity contribution is 0.722. The molecule has 0 N–H and O–H groups in total. The van der Waals surface area contributed by atoms with Crippen LogP contribution >= 0.6 is 11.8 Å². The summed E-state index contributed by atoms with van der Waals surface area (Å²) in [5, 5.41) is 0. The van der Waals surface area contributed by atoms with Crippen molar-refractivity contribution in [3.05, 3.63) is 191 Å². The average Bonchev–Trinajstić information content (AvgIpc) is 3.49. The lowest BCUT2D eigenvalue weighted by Crippen LogP contribution is -2.32. The topological polar surface area (TPSA) is 51.6 Å². The molecule has 2 aliphatic rings. The monoisotopic (exact) mass is 698 g/mol. The van der Waals surface area contributed by atoms with Crippen LogP contribution in [0.25, 0.3) is 56.2 Å². The van der Waals surface area contributed by atoms with Gasteiger partial charge >= 0.3 is 0 Å². The van der Waals surface area contributed by atoms with Crippen LogP contribution in [-0.4, -0.2) is 19.9 Å². The zero-order valence-electron chi connectivity index (χ0n) is 29.6. The minimum Gasteiger partial charge on any atom is -0.261 e. The van der Waals surface area contributed by atoms with Crippen LogP contribution in [0.2, 0.25) is 0 Å². The molecule has 8 aromatic rings. The lowest BCUT2D eigenvalue weighted by Gasteiger charge is -2.40. The Bertz CT molecular complexity index is 2740. The highest BCUT2D eigenvalue weighted by molar-refractivity contribution is 7.99. The molecule has 1 spiro atoms. The van der Waals surface area contributed by atoms with E-state index in [0.717, 1.165) is 22.4 Å². The van der Waals surface area contributed by atoms with E-state index in [1.165, 1.54) is 65.4 Å². The second-order valence-electron chi connectivity index (χ2n) is 14.0. The highest BCUT2D eigenvalue weighted by Gasteiger charge is 2.50. The second-order valence-corrected chi connectivity index (χ2v) is 15.1. The molecule has 0 saturated carbocycles. The van der Waals surface area contributed by atoms with Crippen LogP contribution < -0.4 is 0 Å². The molecule has 2 aromatic heterocycles. The number of benzene rings is 6. The van der Waals surface area contributed by atoms with E-state index in [2.05, 4.69) is 134 Å². The van der Waals surface area contributed by atoms with Gasteiger partial charge in [-0.25, -0.2) is 15.0 Å². The van der Waals surface area contributed by atoms with E-state index in [0.29, 0.717) is 17.5 Å². The summed E-state index contributed by atoms with van der Waals surface area (Å²) in [6, 6.07) is 53.0. The summed E-state index contributed by atoms with van der Waals surface area (Å²) in [4.78, 5) is 21.7. The molecule has 4 nitrogen and oxygen atoms in total. The fourth-order valence-electron chi connectivity index (χ4n) is 8.32. The molecule has 0 amide bonds. The standard InChI is InChI=1S/C48H34N4S/c1-29-25-39(30(2)49-28-29)33-19-17-32(18-20-33)35-22-24-42-45(27-35)53-44-16-10-9-15-41(44)48(42)40-14-8-7-13-37(40)38-23-21-36(26-43(38)48)47-51-31(3)50-46(52-47)34-11-5-4-6-12-34/h4-28H,1-3H3. The molecule has 5 heteroatoms. The van der Waals surface area contributed by atoms with Gasteiger partial charge in [0, 0.05) is 38.4 Å². The first-order valence-electron chi connectivity index (χ1n) is 18.0. The van der Waals surface area contributed by atoms with Gasteiger partial charge in [-0.1, -0.05) is 133 Å². The Labute approximate surface area is 313 Å². The first-order chi connectivity index (χ1) is 26.0. The summed E-state index contributed by atoms with van der Waals surface area (Å²) in [6.07, 6.45) is 1.93. The molecular weight excluding hydrogens is 665 g/mol. The third-order valence-corrected chi connectivity index (χ3v) is 11.9. The summed E-state index contributed by atoms with van der Waals surface area (Å²) < 4.78 is 0. The molecule has 252 valence electrons. The van der Waals surface area contributed by atoms with Gasteiger partial charge < -0.3 is 0 Å². The molecule has 0 fully saturated rings. The van der Waals surface area contributed by atoms with Crippen molar-refractivity contribution >= 4 is 11.8 Å². The molecule has 0 saturated heterocycles. The van der Waals surface area contributed by atoms with Crippen LogP contribution in [0.3, 0.4) is 0 Å². The van der Waals surface area contributed by atoms with Crippen molar-refractivity contribution in [3.63, 3.8) is 0 Å². The van der Waals surface area contributed by atoms with Crippen LogP contribution in [0, 0.1) is 20.8 Å². The van der Waals surface area contributed by atoms with Gasteiger partial charge in [0.25, 0.3) is 0 Å². The normalized spacial score (nSPS) is 15.1. The van der Waals surface area contributed by atoms with E-state index in [1.807, 2.05) is 55.2 Å². The molecule has 0 radical (unpaired) electrons. The third-order valence-electron chi connectivity index (χ3n) is 10.7. The van der Waals surface area contributed by atoms with Gasteiger partial charge in [0.1, 0.15) is 5.82 Å². The van der Waals surface area contributed by atoms with Gasteiger partial charge in [0.05, 0.1) is 5.41 Å². The van der Waals surface area contributed by atoms with Crippen LogP contribution in [-0.2, 0) is 5.41 Å². The Hall–Kier alpha value is -6.17. The van der Waals surface area contributed by atoms with Gasteiger partial charge in [-0.05, 0) is 101 Å². The maximum atomic E-state index is 5.02. The summed E-state index contributed by atoms with van der Waals surface area (Å²) in [7, 11) is 0. The molecule has 3 heterocycles. The Morgan fingerprint density at radius 3 is 1.91 bits per heavy atom. The summed E-state index contributed by atoms with van der Waals surface area (Å²) in [5.41, 5.74) is 16.1. The molecule has 1 atom stereocenters. The van der Waals surface area contributed by atoms with E-state index in [1.54, 1.807) is 0 Å². The SMILES string of the molecule is Cc1cnc(C)c(-c2ccc(-c3ccc4c(c3)Sc3ccccc3C43c4ccccc4-c4ccc(-c5nc(C)nc(-c6ccccc6)n5)cc43)cc2)c1. The minimum atomic E-state index is -0.512. The number of aryl methyl sites for hydroxylation is 3. The minimum absolute atomic E-state index is 0.512. The summed E-state index contributed by atoms with van der Waals surface area (Å²) in [6.45, 7) is 6.11. The van der Waals surface area contributed by atoms with Crippen LogP contribution in [0.1, 0.15) is 39.3 Å². The second kappa shape index (κ2) is 12.2. The number of fused-ring (bicyclic) bond motifs is 9. The number of aromatic nitrogens is 4. The van der Waals surface area contributed by atoms with E-state index in [4.69, 9.17) is 15.0 Å². The summed E-state index contributed by atoms with van der Waals surface area (Å²) in [5.74, 6) is 2.06. The number of hydrogen-bond acceptors (Lipinski definition) is 5. The molecule has 0 bridgehead atoms. The van der Waals surface area contributed by atoms with Crippen molar-refractivity contribution in [2.24, 2.45) is 0 Å². The predicted octanol–water partition coefficient (Wildman–Crippen LogP) is 11.7. The van der Waals surface area contributed by atoms with Crippen LogP contribution in [0.5, 0.6) is 0 Å². The van der Waals surface area contributed by atoms with Crippen LogP contribution in [0.4, 0.5) is 0 Å². The zero-order chi connectivity index (χ0) is 35.7. The van der Waals surface area contributed by atoms with E-state index < -0.39 is 5.41 Å². The first kappa shape index (κ1) is 31.6. The number of pyridine rings is 1. The summed E-state index contributed by atoms with van der Waals surface area (Å²) >= 11 is 1.87. The number of nitrogens with zero attached hydrogens (tertiary/aromatic N) is 4. The third kappa shape index (κ3) is 4.99. The zero-order valence-corrected chi connectivity index (χ0v) is 30.4. The van der Waals surface area contributed by atoms with Gasteiger partial charge in [0.2, 0.25) is 0 Å². The van der Waals surface area contributed by atoms with Gasteiger partial charge in [-0.3, -0.25) is 4.98 Å². The maximum Gasteiger partial charge on any atom is 0.163 e. The van der Waals surface area contributed by atoms with E-state index >= 15 is 0 Å². The van der Waals surface area contributed by atoms with Crippen molar-refractivity contribution in [2.75, 3.05) is 0 Å². The quantitative estimate of drug-likeness (QED) is 0.183. The van der Waals surface area contributed by atoms with Crippen molar-refractivity contribution in [3.8, 4) is 56.2 Å². The van der Waals surface area contributed by atoms with Crippen molar-refractivity contribution in [1.29, 1.82) is 0 Å². The molecule has 1 aliphatic heterocycles. The average molecular weight is 699 g/mol. The molecule has 6 aromatic carbocycles. The fraction of sp³-hybridized carbons (Fsp3) is 0.0833. The van der Waals surface area contributed by atoms with Gasteiger partial charge in [0.15, 0.2) is 11.6 Å².